The van der Waals surface area contributed by atoms with Gasteiger partial charge in [-0.2, -0.15) is 5.26 Å². The van der Waals surface area contributed by atoms with E-state index >= 15 is 0 Å². The number of pyridine rings is 1. The number of nitriles is 1. The molecule has 8 nitrogen and oxygen atoms in total. The number of nitrogens with two attached hydrogens (primary N) is 1. The first-order chi connectivity index (χ1) is 12.5. The van der Waals surface area contributed by atoms with Gasteiger partial charge in [0.1, 0.15) is 12.2 Å². The lowest BCUT2D eigenvalue weighted by atomic mass is 9.86. The molecule has 0 amide bonds. The van der Waals surface area contributed by atoms with Gasteiger partial charge in [-0.25, -0.2) is 4.79 Å². The molecule has 136 valence electrons. The van der Waals surface area contributed by atoms with E-state index < -0.39 is 17.9 Å². The monoisotopic (exact) mass is 357 g/mol. The Labute approximate surface area is 150 Å². The Balaban J connectivity index is 2.54. The van der Waals surface area contributed by atoms with Gasteiger partial charge in [-0.15, -0.1) is 0 Å². The van der Waals surface area contributed by atoms with E-state index in [1.165, 1.54) is 6.20 Å². The molecule has 1 aromatic rings. The first-order valence-corrected chi connectivity index (χ1v) is 8.06. The lowest BCUT2D eigenvalue weighted by Gasteiger charge is -2.27. The predicted octanol–water partition coefficient (Wildman–Crippen LogP) is 1.66. The van der Waals surface area contributed by atoms with Crippen LogP contribution < -0.4 is 5.73 Å². The molecule has 0 aliphatic carbocycles. The summed E-state index contributed by atoms with van der Waals surface area (Å²) in [5.74, 6) is -2.34. The van der Waals surface area contributed by atoms with Crippen molar-refractivity contribution in [1.29, 1.82) is 5.26 Å². The van der Waals surface area contributed by atoms with Crippen molar-refractivity contribution in [2.75, 3.05) is 13.2 Å². The Hall–Kier alpha value is -3.34. The highest BCUT2D eigenvalue weighted by atomic mass is 16.6. The van der Waals surface area contributed by atoms with Crippen molar-refractivity contribution in [2.24, 2.45) is 5.73 Å². The van der Waals surface area contributed by atoms with Gasteiger partial charge >= 0.3 is 11.9 Å². The molecule has 0 bridgehead atoms. The lowest BCUT2D eigenvalue weighted by Crippen LogP contribution is -2.27. The van der Waals surface area contributed by atoms with E-state index in [-0.39, 0.29) is 42.4 Å². The van der Waals surface area contributed by atoms with Gasteiger partial charge in [-0.3, -0.25) is 9.78 Å². The van der Waals surface area contributed by atoms with Crippen LogP contribution in [0.5, 0.6) is 0 Å². The molecule has 26 heavy (non-hydrogen) atoms. The molecule has 1 aliphatic heterocycles. The topological polar surface area (TPSA) is 125 Å². The smallest absolute Gasteiger partial charge is 0.376 e. The number of carbonyl (C=O) groups excluding carboxylic acids is 2. The fourth-order valence-electron chi connectivity index (χ4n) is 2.54. The summed E-state index contributed by atoms with van der Waals surface area (Å²) in [5.41, 5.74) is 6.87. The third kappa shape index (κ3) is 4.00. The van der Waals surface area contributed by atoms with E-state index in [9.17, 15) is 14.9 Å². The van der Waals surface area contributed by atoms with Crippen molar-refractivity contribution in [3.63, 3.8) is 0 Å². The number of carbonyl (C=O) groups is 2. The third-order valence-electron chi connectivity index (χ3n) is 3.60. The Morgan fingerprint density at radius 2 is 2.08 bits per heavy atom. The molecule has 0 saturated heterocycles. The summed E-state index contributed by atoms with van der Waals surface area (Å²) in [6.45, 7) is 3.62. The van der Waals surface area contributed by atoms with E-state index in [1.807, 2.05) is 6.07 Å². The van der Waals surface area contributed by atoms with Gasteiger partial charge in [0, 0.05) is 12.4 Å². The largest absolute Gasteiger partial charge is 0.466 e. The van der Waals surface area contributed by atoms with E-state index in [0.29, 0.717) is 5.56 Å². The normalized spacial score (nSPS) is 16.6. The van der Waals surface area contributed by atoms with Crippen LogP contribution in [0.15, 0.2) is 47.3 Å². The summed E-state index contributed by atoms with van der Waals surface area (Å²) in [6.07, 6.45) is 2.80. The molecule has 2 N–H and O–H groups in total. The average molecular weight is 357 g/mol. The fourth-order valence-corrected chi connectivity index (χ4v) is 2.54. The predicted molar refractivity (Wildman–Crippen MR) is 89.8 cm³/mol. The molecule has 0 spiro atoms. The van der Waals surface area contributed by atoms with E-state index in [4.69, 9.17) is 19.9 Å². The van der Waals surface area contributed by atoms with Gasteiger partial charge in [0.15, 0.2) is 0 Å². The zero-order valence-electron chi connectivity index (χ0n) is 14.5. The summed E-state index contributed by atoms with van der Waals surface area (Å²) >= 11 is 0. The zero-order chi connectivity index (χ0) is 19.1. The molecule has 1 atom stereocenters. The van der Waals surface area contributed by atoms with Gasteiger partial charge in [0.2, 0.25) is 5.76 Å². The van der Waals surface area contributed by atoms with Crippen molar-refractivity contribution < 1.29 is 23.8 Å². The molecule has 1 aromatic heterocycles. The molecule has 2 rings (SSSR count). The first-order valence-electron chi connectivity index (χ1n) is 8.06. The highest BCUT2D eigenvalue weighted by molar-refractivity contribution is 5.88. The molecular formula is C18H19N3O5. The molecule has 2 heterocycles. The highest BCUT2D eigenvalue weighted by Gasteiger charge is 2.36. The van der Waals surface area contributed by atoms with Crippen molar-refractivity contribution in [2.45, 2.75) is 26.2 Å². The van der Waals surface area contributed by atoms with Crippen LogP contribution in [0, 0.1) is 11.3 Å². The molecule has 1 aliphatic rings. The Morgan fingerprint density at radius 1 is 1.35 bits per heavy atom. The second kappa shape index (κ2) is 8.67. The second-order valence-electron chi connectivity index (χ2n) is 5.26. The minimum atomic E-state index is -0.772. The van der Waals surface area contributed by atoms with Crippen molar-refractivity contribution in [1.82, 2.24) is 4.98 Å². The van der Waals surface area contributed by atoms with Crippen LogP contribution in [0.4, 0.5) is 0 Å². The number of hydrogen-bond donors (Lipinski definition) is 1. The average Bonchev–Trinajstić information content (AvgIpc) is 2.63. The summed E-state index contributed by atoms with van der Waals surface area (Å²) < 4.78 is 15.4. The number of rotatable bonds is 6. The number of nitrogens with zero attached hydrogens (tertiary/aromatic N) is 2. The lowest BCUT2D eigenvalue weighted by molar-refractivity contribution is -0.145. The van der Waals surface area contributed by atoms with Crippen LogP contribution in [0.3, 0.4) is 0 Å². The Kier molecular flexibility index (Phi) is 6.33. The maximum absolute atomic E-state index is 12.2. The van der Waals surface area contributed by atoms with Crippen LogP contribution >= 0.6 is 0 Å². The number of esters is 2. The zero-order valence-corrected chi connectivity index (χ0v) is 14.5. The maximum Gasteiger partial charge on any atom is 0.376 e. The summed E-state index contributed by atoms with van der Waals surface area (Å²) in [7, 11) is 0. The van der Waals surface area contributed by atoms with E-state index in [1.54, 1.807) is 32.2 Å². The number of allylic oxidation sites excluding steroid dienone is 1. The van der Waals surface area contributed by atoms with Crippen molar-refractivity contribution in [3.05, 3.63) is 52.9 Å². The summed E-state index contributed by atoms with van der Waals surface area (Å²) in [4.78, 5) is 28.1. The van der Waals surface area contributed by atoms with Crippen LogP contribution in [0.1, 0.15) is 31.7 Å². The molecule has 1 unspecified atom stereocenters. The quantitative estimate of drug-likeness (QED) is 0.762. The molecular weight excluding hydrogens is 338 g/mol. The second-order valence-corrected chi connectivity index (χ2v) is 5.26. The van der Waals surface area contributed by atoms with Gasteiger partial charge in [0.25, 0.3) is 0 Å². The van der Waals surface area contributed by atoms with Crippen LogP contribution in [-0.2, 0) is 23.8 Å². The van der Waals surface area contributed by atoms with Crippen molar-refractivity contribution >= 4 is 11.9 Å². The molecule has 0 saturated carbocycles. The number of ether oxygens (including phenoxy) is 3. The molecule has 8 heteroatoms. The van der Waals surface area contributed by atoms with Crippen molar-refractivity contribution in [3.8, 4) is 6.07 Å². The van der Waals surface area contributed by atoms with Gasteiger partial charge in [-0.1, -0.05) is 6.07 Å². The van der Waals surface area contributed by atoms with E-state index in [0.717, 1.165) is 0 Å². The van der Waals surface area contributed by atoms with Crippen LogP contribution in [0.25, 0.3) is 0 Å². The van der Waals surface area contributed by atoms with E-state index in [2.05, 4.69) is 4.98 Å². The first kappa shape index (κ1) is 19.0. The third-order valence-corrected chi connectivity index (χ3v) is 3.60. The molecule has 0 radical (unpaired) electrons. The minimum Gasteiger partial charge on any atom is -0.466 e. The Morgan fingerprint density at radius 3 is 2.65 bits per heavy atom. The fraction of sp³-hybridized carbons (Fsp3) is 0.333. The highest BCUT2D eigenvalue weighted by Crippen LogP contribution is 2.38. The standard InChI is InChI=1S/C18H19N3O5/c1-3-24-14(22)8-13-12(9-19)15(11-6-5-7-21-10-11)16(20)17(26-13)18(23)25-4-2/h5-7,10,15H,3-4,8,20H2,1-2H3. The number of aromatic nitrogens is 1. The molecule has 0 fully saturated rings. The van der Waals surface area contributed by atoms with Gasteiger partial charge < -0.3 is 19.9 Å². The SMILES string of the molecule is CCOC(=O)CC1=C(C#N)C(c2cccnc2)C(N)=C(C(=O)OCC)O1. The van der Waals surface area contributed by atoms with Gasteiger partial charge in [0.05, 0.1) is 36.5 Å². The van der Waals surface area contributed by atoms with Crippen LogP contribution in [0.2, 0.25) is 0 Å². The summed E-state index contributed by atoms with van der Waals surface area (Å²) in [6, 6.07) is 5.43. The van der Waals surface area contributed by atoms with Gasteiger partial charge in [-0.05, 0) is 25.5 Å². The summed E-state index contributed by atoms with van der Waals surface area (Å²) in [5, 5.41) is 9.63. The maximum atomic E-state index is 12.2. The minimum absolute atomic E-state index is 0.0112. The molecule has 0 aromatic carbocycles. The van der Waals surface area contributed by atoms with Crippen LogP contribution in [-0.4, -0.2) is 30.1 Å². The number of hydrogen-bond acceptors (Lipinski definition) is 8. The Bertz CT molecular complexity index is 793.